The second-order valence-electron chi connectivity index (χ2n) is 19.8. The van der Waals surface area contributed by atoms with Crippen molar-refractivity contribution in [3.05, 3.63) is 0 Å². The average Bonchev–Trinajstić information content (AvgIpc) is 3.20. The van der Waals surface area contributed by atoms with E-state index in [2.05, 4.69) is 0 Å². The van der Waals surface area contributed by atoms with Gasteiger partial charge in [0.25, 0.3) is 0 Å². The highest BCUT2D eigenvalue weighted by Gasteiger charge is 2.53. The van der Waals surface area contributed by atoms with E-state index in [0.29, 0.717) is 0 Å². The molecule has 0 spiro atoms. The Hall–Kier alpha value is -1.42. The number of ether oxygens (including phenoxy) is 8. The molecule has 4 heterocycles. The first-order chi connectivity index (χ1) is 28.7. The molecule has 17 heteroatoms. The van der Waals surface area contributed by atoms with Crippen LogP contribution in [0.4, 0.5) is 0 Å². The molecule has 0 saturated carbocycles. The second-order valence-corrected chi connectivity index (χ2v) is 19.8. The molecule has 0 aromatic rings. The van der Waals surface area contributed by atoms with Crippen LogP contribution < -0.4 is 0 Å². The van der Waals surface area contributed by atoms with Crippen LogP contribution >= 0.6 is 0 Å². The Kier molecular flexibility index (Phi) is 18.4. The van der Waals surface area contributed by atoms with Gasteiger partial charge >= 0.3 is 5.97 Å². The van der Waals surface area contributed by atoms with E-state index in [-0.39, 0.29) is 55.6 Å². The largest absolute Gasteiger partial charge is 0.459 e. The van der Waals surface area contributed by atoms with Crippen LogP contribution in [0.3, 0.4) is 0 Å². The molecule has 4 rings (SSSR count). The SMILES string of the molecule is CC[C@H]1OC(=O)[C@H](C)[C@@H](O[C@H]2CC(C)(OC)[C@@H](O)C(C)O2)[C@H](C)[C@@H](O[C@@H]2O[C@H](C)C(C)C(N(C)C)C2O)[C@H](O[C@H]2CC(N(C)C)C(O)[C@@H](C)O2)C[C@@H](C)C(=O)[C@H](C)[C@@H](O)[C@]1(C)O. The number of aliphatic hydroxyl groups is 5. The number of carbonyl (C=O) groups is 2. The first-order valence-corrected chi connectivity index (χ1v) is 22.7. The molecular formula is C45H82N2O15. The molecule has 4 aliphatic rings. The minimum atomic E-state index is -2.02. The van der Waals surface area contributed by atoms with Gasteiger partial charge in [0, 0.05) is 55.7 Å². The van der Waals surface area contributed by atoms with Gasteiger partial charge in [-0.3, -0.25) is 9.59 Å². The normalized spacial score (nSPS) is 49.4. The topological polar surface area (TPSA) is 216 Å². The van der Waals surface area contributed by atoms with E-state index in [1.54, 1.807) is 48.5 Å². The van der Waals surface area contributed by atoms with Crippen molar-refractivity contribution < 1.29 is 73.0 Å². The Morgan fingerprint density at radius 1 is 0.710 bits per heavy atom. The summed E-state index contributed by atoms with van der Waals surface area (Å²) >= 11 is 0. The monoisotopic (exact) mass is 891 g/mol. The maximum atomic E-state index is 14.5. The van der Waals surface area contributed by atoms with Crippen LogP contribution in [0.25, 0.3) is 0 Å². The minimum Gasteiger partial charge on any atom is -0.459 e. The Labute approximate surface area is 369 Å². The summed E-state index contributed by atoms with van der Waals surface area (Å²) in [4.78, 5) is 32.7. The molecular weight excluding hydrogens is 808 g/mol. The summed E-state index contributed by atoms with van der Waals surface area (Å²) in [5.41, 5.74) is -3.10. The van der Waals surface area contributed by atoms with E-state index in [0.717, 1.165) is 0 Å². The third-order valence-electron chi connectivity index (χ3n) is 14.7. The molecule has 4 aliphatic heterocycles. The number of hydrogen-bond donors (Lipinski definition) is 5. The van der Waals surface area contributed by atoms with E-state index < -0.39 is 121 Å². The zero-order chi connectivity index (χ0) is 46.9. The number of Topliss-reactive ketones (excluding diaryl/α,β-unsaturated/α-hetero) is 1. The summed E-state index contributed by atoms with van der Waals surface area (Å²) in [5, 5.41) is 57.7. The van der Waals surface area contributed by atoms with Crippen molar-refractivity contribution in [3.8, 4) is 0 Å². The Morgan fingerprint density at radius 2 is 1.32 bits per heavy atom. The van der Waals surface area contributed by atoms with Crippen LogP contribution in [0.5, 0.6) is 0 Å². The van der Waals surface area contributed by atoms with E-state index in [4.69, 9.17) is 37.9 Å². The standard InChI is InChI=1S/C45H82N2O15/c1-17-31-45(11,54)40(51)23(4)35(48)21(2)18-30(59-32-19-29(46(12)13)36(49)27(8)56-32)39(62-43-37(50)34(47(14)15)22(3)26(7)58-43)24(5)38(25(6)42(53)60-31)61-33-20-44(10,55-16)41(52)28(9)57-33/h21-34,36-41,43,49-52,54H,17-20H2,1-16H3/t21-,22?,23+,24+,25-,26-,27-,28?,29?,30-,31-,32+,33+,34?,36?,37?,38+,39-,40-,41+,43+,44?,45-/m1/s1. The summed E-state index contributed by atoms with van der Waals surface area (Å²) in [7, 11) is 8.97. The molecule has 0 aromatic heterocycles. The van der Waals surface area contributed by atoms with Gasteiger partial charge in [-0.05, 0) is 82.6 Å². The van der Waals surface area contributed by atoms with Crippen LogP contribution in [0, 0.1) is 29.6 Å². The van der Waals surface area contributed by atoms with Gasteiger partial charge in [0.15, 0.2) is 18.9 Å². The Balaban J connectivity index is 1.94. The first-order valence-electron chi connectivity index (χ1n) is 22.7. The predicted molar refractivity (Wildman–Crippen MR) is 227 cm³/mol. The van der Waals surface area contributed by atoms with Gasteiger partial charge in [-0.1, -0.05) is 34.6 Å². The molecule has 4 fully saturated rings. The number of likely N-dealkylation sites (N-methyl/N-ethyl adjacent to an activating group) is 2. The maximum Gasteiger partial charge on any atom is 0.311 e. The predicted octanol–water partition coefficient (Wildman–Crippen LogP) is 2.09. The van der Waals surface area contributed by atoms with Crippen molar-refractivity contribution >= 4 is 11.8 Å². The number of hydrogen-bond acceptors (Lipinski definition) is 17. The highest BCUT2D eigenvalue weighted by molar-refractivity contribution is 5.83. The van der Waals surface area contributed by atoms with Gasteiger partial charge in [-0.25, -0.2) is 0 Å². The number of methoxy groups -OCH3 is 1. The highest BCUT2D eigenvalue weighted by Crippen LogP contribution is 2.40. The summed E-state index contributed by atoms with van der Waals surface area (Å²) in [6.07, 6.45) is -13.4. The number of aliphatic hydroxyl groups excluding tert-OH is 4. The smallest absolute Gasteiger partial charge is 0.311 e. The molecule has 0 aromatic carbocycles. The molecule has 0 bridgehead atoms. The van der Waals surface area contributed by atoms with E-state index in [1.165, 1.54) is 14.0 Å². The number of rotatable bonds is 10. The lowest BCUT2D eigenvalue weighted by Gasteiger charge is -2.49. The fourth-order valence-corrected chi connectivity index (χ4v) is 10.3. The quantitative estimate of drug-likeness (QED) is 0.199. The zero-order valence-electron chi connectivity index (χ0n) is 40.2. The van der Waals surface area contributed by atoms with Crippen molar-refractivity contribution in [2.45, 2.75) is 211 Å². The van der Waals surface area contributed by atoms with Crippen molar-refractivity contribution in [1.29, 1.82) is 0 Å². The average molecular weight is 891 g/mol. The molecule has 5 N–H and O–H groups in total. The minimum absolute atomic E-state index is 0.00992. The molecule has 62 heavy (non-hydrogen) atoms. The Morgan fingerprint density at radius 3 is 1.89 bits per heavy atom. The van der Waals surface area contributed by atoms with E-state index >= 15 is 0 Å². The molecule has 0 radical (unpaired) electrons. The van der Waals surface area contributed by atoms with Gasteiger partial charge in [-0.2, -0.15) is 0 Å². The fourth-order valence-electron chi connectivity index (χ4n) is 10.3. The van der Waals surface area contributed by atoms with Gasteiger partial charge < -0.3 is 73.2 Å². The zero-order valence-corrected chi connectivity index (χ0v) is 40.2. The number of nitrogens with zero attached hydrogens (tertiary/aromatic N) is 2. The van der Waals surface area contributed by atoms with Crippen molar-refractivity contribution in [3.63, 3.8) is 0 Å². The molecule has 17 nitrogen and oxygen atoms in total. The lowest BCUT2D eigenvalue weighted by Crippen LogP contribution is -2.61. The number of carbonyl (C=O) groups excluding carboxylic acids is 2. The Bertz CT molecular complexity index is 1460. The van der Waals surface area contributed by atoms with Crippen LogP contribution in [-0.2, 0) is 47.5 Å². The van der Waals surface area contributed by atoms with E-state index in [9.17, 15) is 35.1 Å². The van der Waals surface area contributed by atoms with Crippen LogP contribution in [0.1, 0.15) is 102 Å². The molecule has 4 saturated heterocycles. The van der Waals surface area contributed by atoms with Gasteiger partial charge in [0.1, 0.15) is 29.7 Å². The number of cyclic esters (lactones) is 1. The third kappa shape index (κ3) is 11.4. The van der Waals surface area contributed by atoms with Gasteiger partial charge in [-0.15, -0.1) is 0 Å². The molecule has 0 amide bonds. The van der Waals surface area contributed by atoms with Crippen molar-refractivity contribution in [1.82, 2.24) is 9.80 Å². The lowest BCUT2D eigenvalue weighted by atomic mass is 9.77. The lowest BCUT2D eigenvalue weighted by molar-refractivity contribution is -0.327. The first kappa shape index (κ1) is 53.2. The van der Waals surface area contributed by atoms with Crippen LogP contribution in [0.2, 0.25) is 0 Å². The molecule has 23 atom stereocenters. The fraction of sp³-hybridized carbons (Fsp3) is 0.956. The van der Waals surface area contributed by atoms with Crippen LogP contribution in [0.15, 0.2) is 0 Å². The summed E-state index contributed by atoms with van der Waals surface area (Å²) in [6, 6.07) is -0.727. The third-order valence-corrected chi connectivity index (χ3v) is 14.7. The van der Waals surface area contributed by atoms with Gasteiger partial charge in [0.2, 0.25) is 0 Å². The van der Waals surface area contributed by atoms with E-state index in [1.807, 2.05) is 58.8 Å². The molecule has 7 unspecified atom stereocenters. The van der Waals surface area contributed by atoms with Gasteiger partial charge in [0.05, 0.1) is 60.4 Å². The van der Waals surface area contributed by atoms with Crippen molar-refractivity contribution in [2.75, 3.05) is 35.3 Å². The number of esters is 1. The summed E-state index contributed by atoms with van der Waals surface area (Å²) in [5.74, 6) is -5.01. The van der Waals surface area contributed by atoms with Crippen molar-refractivity contribution in [2.24, 2.45) is 29.6 Å². The van der Waals surface area contributed by atoms with Crippen LogP contribution in [-0.4, -0.2) is 192 Å². The summed E-state index contributed by atoms with van der Waals surface area (Å²) in [6.45, 7) is 18.9. The second kappa shape index (κ2) is 21.5. The highest BCUT2D eigenvalue weighted by atomic mass is 16.7. The summed E-state index contributed by atoms with van der Waals surface area (Å²) < 4.78 is 51.7. The molecule has 362 valence electrons. The maximum absolute atomic E-state index is 14.5. The number of ketones is 1. The molecule has 0 aliphatic carbocycles.